The van der Waals surface area contributed by atoms with E-state index in [-0.39, 0.29) is 10.9 Å². The molecule has 1 rings (SSSR count). The number of hydrogen-bond donors (Lipinski definition) is 0. The smallest absolute Gasteiger partial charge is 0.227 e. The summed E-state index contributed by atoms with van der Waals surface area (Å²) < 4.78 is 32.0. The average molecular weight is 331 g/mol. The van der Waals surface area contributed by atoms with Crippen LogP contribution in [-0.2, 0) is 27.7 Å². The van der Waals surface area contributed by atoms with Crippen molar-refractivity contribution < 1.29 is 13.2 Å². The highest BCUT2D eigenvalue weighted by Gasteiger charge is 2.23. The summed E-state index contributed by atoms with van der Waals surface area (Å²) in [6.45, 7) is 8.64. The Morgan fingerprint density at radius 1 is 1.41 bits per heavy atom. The number of rotatable bonds is 10. The molecule has 128 valence electrons. The van der Waals surface area contributed by atoms with Crippen LogP contribution in [0.3, 0.4) is 0 Å². The van der Waals surface area contributed by atoms with E-state index in [9.17, 15) is 8.42 Å². The van der Waals surface area contributed by atoms with Gasteiger partial charge in [-0.3, -0.25) is 0 Å². The molecule has 0 aromatic carbocycles. The Bertz CT molecular complexity index is 552. The largest absolute Gasteiger partial charge is 0.383 e. The van der Waals surface area contributed by atoms with Crippen molar-refractivity contribution in [3.63, 3.8) is 0 Å². The van der Waals surface area contributed by atoms with Crippen molar-refractivity contribution in [2.24, 2.45) is 5.92 Å². The minimum Gasteiger partial charge on any atom is -0.383 e. The monoisotopic (exact) mass is 331 g/mol. The first-order valence-corrected chi connectivity index (χ1v) is 9.41. The van der Waals surface area contributed by atoms with E-state index in [4.69, 9.17) is 4.74 Å². The molecule has 0 unspecified atom stereocenters. The zero-order chi connectivity index (χ0) is 16.8. The second-order valence-electron chi connectivity index (χ2n) is 6.01. The summed E-state index contributed by atoms with van der Waals surface area (Å²) in [5, 5.41) is 0.171. The molecule has 0 aliphatic heterocycles. The average Bonchev–Trinajstić information content (AvgIpc) is 2.86. The molecule has 0 radical (unpaired) electrons. The molecular formula is C15H29N3O3S. The number of hydrogen-bond acceptors (Lipinski definition) is 5. The van der Waals surface area contributed by atoms with E-state index in [1.165, 1.54) is 0 Å². The SMILES string of the molecule is CCN(C)Cc1cnc(S(=O)(=O)CCC(C)C)n1CCOC. The lowest BCUT2D eigenvalue weighted by Crippen LogP contribution is -2.22. The van der Waals surface area contributed by atoms with Crippen LogP contribution in [0.25, 0.3) is 0 Å². The third-order valence-electron chi connectivity index (χ3n) is 3.63. The lowest BCUT2D eigenvalue weighted by molar-refractivity contribution is 0.182. The minimum absolute atomic E-state index is 0.137. The normalized spacial score (nSPS) is 12.5. The summed E-state index contributed by atoms with van der Waals surface area (Å²) in [5.74, 6) is 0.486. The molecule has 0 N–H and O–H groups in total. The first kappa shape index (κ1) is 19.1. The molecule has 6 nitrogen and oxygen atoms in total. The Kier molecular flexibility index (Phi) is 7.52. The maximum atomic E-state index is 12.6. The van der Waals surface area contributed by atoms with E-state index < -0.39 is 9.84 Å². The first-order chi connectivity index (χ1) is 10.3. The van der Waals surface area contributed by atoms with E-state index in [0.717, 1.165) is 12.2 Å². The third kappa shape index (κ3) is 5.37. The number of aromatic nitrogens is 2. The van der Waals surface area contributed by atoms with Gasteiger partial charge in [-0.25, -0.2) is 13.4 Å². The Balaban J connectivity index is 3.07. The molecule has 0 atom stereocenters. The standard InChI is InChI=1S/C15H29N3O3S/c1-6-17(4)12-14-11-16-15(18(14)8-9-21-5)22(19,20)10-7-13(2)3/h11,13H,6-10,12H2,1-5H3. The highest BCUT2D eigenvalue weighted by molar-refractivity contribution is 7.91. The third-order valence-corrected chi connectivity index (χ3v) is 5.29. The molecule has 0 bridgehead atoms. The van der Waals surface area contributed by atoms with Crippen molar-refractivity contribution in [2.45, 2.75) is 45.4 Å². The second-order valence-corrected chi connectivity index (χ2v) is 8.01. The summed E-state index contributed by atoms with van der Waals surface area (Å²) in [4.78, 5) is 6.31. The van der Waals surface area contributed by atoms with Crippen molar-refractivity contribution in [2.75, 3.05) is 33.1 Å². The van der Waals surface area contributed by atoms with Crippen LogP contribution in [0.1, 0.15) is 32.9 Å². The molecule has 0 fully saturated rings. The fourth-order valence-corrected chi connectivity index (χ4v) is 3.78. The highest BCUT2D eigenvalue weighted by atomic mass is 32.2. The highest BCUT2D eigenvalue weighted by Crippen LogP contribution is 2.17. The number of sulfone groups is 1. The molecule has 7 heteroatoms. The Morgan fingerprint density at radius 2 is 2.09 bits per heavy atom. The van der Waals surface area contributed by atoms with Crippen LogP contribution in [0.2, 0.25) is 0 Å². The summed E-state index contributed by atoms with van der Waals surface area (Å²) in [6, 6.07) is 0. The number of ether oxygens (including phenoxy) is 1. The zero-order valence-electron chi connectivity index (χ0n) is 14.4. The van der Waals surface area contributed by atoms with Gasteiger partial charge in [0.1, 0.15) is 0 Å². The van der Waals surface area contributed by atoms with Crippen LogP contribution in [0, 0.1) is 5.92 Å². The second kappa shape index (κ2) is 8.64. The summed E-state index contributed by atoms with van der Waals surface area (Å²) in [7, 11) is 0.253. The fraction of sp³-hybridized carbons (Fsp3) is 0.800. The molecule has 22 heavy (non-hydrogen) atoms. The van der Waals surface area contributed by atoms with Gasteiger partial charge in [-0.2, -0.15) is 0 Å². The van der Waals surface area contributed by atoms with E-state index >= 15 is 0 Å². The molecule has 0 saturated carbocycles. The zero-order valence-corrected chi connectivity index (χ0v) is 15.2. The molecular weight excluding hydrogens is 302 g/mol. The van der Waals surface area contributed by atoms with Gasteiger partial charge < -0.3 is 14.2 Å². The van der Waals surface area contributed by atoms with E-state index in [1.54, 1.807) is 17.9 Å². The van der Waals surface area contributed by atoms with Gasteiger partial charge in [-0.15, -0.1) is 0 Å². The predicted octanol–water partition coefficient (Wildman–Crippen LogP) is 1.80. The first-order valence-electron chi connectivity index (χ1n) is 7.76. The maximum Gasteiger partial charge on any atom is 0.227 e. The Hall–Kier alpha value is -0.920. The Labute approximate surface area is 134 Å². The molecule has 0 spiro atoms. The van der Waals surface area contributed by atoms with Crippen molar-refractivity contribution in [3.05, 3.63) is 11.9 Å². The van der Waals surface area contributed by atoms with Crippen LogP contribution in [0.5, 0.6) is 0 Å². The topological polar surface area (TPSA) is 64.4 Å². The van der Waals surface area contributed by atoms with Crippen molar-refractivity contribution in [1.29, 1.82) is 0 Å². The number of methoxy groups -OCH3 is 1. The van der Waals surface area contributed by atoms with Crippen molar-refractivity contribution in [1.82, 2.24) is 14.5 Å². The van der Waals surface area contributed by atoms with Crippen molar-refractivity contribution in [3.8, 4) is 0 Å². The molecule has 1 aromatic rings. The van der Waals surface area contributed by atoms with Gasteiger partial charge in [-0.1, -0.05) is 20.8 Å². The summed E-state index contributed by atoms with van der Waals surface area (Å²) >= 11 is 0. The molecule has 0 saturated heterocycles. The number of imidazole rings is 1. The van der Waals surface area contributed by atoms with Gasteiger partial charge in [0.05, 0.1) is 24.3 Å². The van der Waals surface area contributed by atoms with Crippen LogP contribution < -0.4 is 0 Å². The van der Waals surface area contributed by atoms with Crippen LogP contribution in [0.15, 0.2) is 11.4 Å². The molecule has 0 amide bonds. The van der Waals surface area contributed by atoms with Gasteiger partial charge in [0.15, 0.2) is 0 Å². The predicted molar refractivity (Wildman–Crippen MR) is 87.6 cm³/mol. The quantitative estimate of drug-likeness (QED) is 0.654. The lowest BCUT2D eigenvalue weighted by atomic mass is 10.2. The van der Waals surface area contributed by atoms with Crippen LogP contribution in [-0.4, -0.2) is 55.9 Å². The van der Waals surface area contributed by atoms with Crippen molar-refractivity contribution >= 4 is 9.84 Å². The fourth-order valence-electron chi connectivity index (χ4n) is 2.06. The molecule has 0 aliphatic carbocycles. The molecule has 1 aromatic heterocycles. The minimum atomic E-state index is -3.36. The number of nitrogens with zero attached hydrogens (tertiary/aromatic N) is 3. The van der Waals surface area contributed by atoms with Gasteiger partial charge in [0.2, 0.25) is 15.0 Å². The summed E-state index contributed by atoms with van der Waals surface area (Å²) in [6.07, 6.45) is 2.31. The van der Waals surface area contributed by atoms with E-state index in [1.807, 2.05) is 20.9 Å². The van der Waals surface area contributed by atoms with Crippen LogP contribution in [0.4, 0.5) is 0 Å². The lowest BCUT2D eigenvalue weighted by Gasteiger charge is -2.17. The van der Waals surface area contributed by atoms with Gasteiger partial charge in [-0.05, 0) is 25.9 Å². The molecule has 1 heterocycles. The Morgan fingerprint density at radius 3 is 2.64 bits per heavy atom. The van der Waals surface area contributed by atoms with E-state index in [0.29, 0.717) is 32.0 Å². The van der Waals surface area contributed by atoms with Gasteiger partial charge in [0.25, 0.3) is 0 Å². The van der Waals surface area contributed by atoms with Gasteiger partial charge >= 0.3 is 0 Å². The van der Waals surface area contributed by atoms with Gasteiger partial charge in [0, 0.05) is 20.2 Å². The maximum absolute atomic E-state index is 12.6. The van der Waals surface area contributed by atoms with Crippen LogP contribution >= 0.6 is 0 Å². The van der Waals surface area contributed by atoms with E-state index in [2.05, 4.69) is 16.8 Å². The molecule has 0 aliphatic rings. The summed E-state index contributed by atoms with van der Waals surface area (Å²) in [5.41, 5.74) is 0.907.